The van der Waals surface area contributed by atoms with Crippen LogP contribution >= 0.6 is 0 Å². The minimum atomic E-state index is -3.76. The summed E-state index contributed by atoms with van der Waals surface area (Å²) in [5.41, 5.74) is -0.0420. The first-order chi connectivity index (χ1) is 13.8. The smallest absolute Gasteiger partial charge is 0.293 e. The molecule has 0 radical (unpaired) electrons. The summed E-state index contributed by atoms with van der Waals surface area (Å²) in [6, 6.07) is 4.15. The molecule has 1 aliphatic heterocycles. The van der Waals surface area contributed by atoms with Crippen molar-refractivity contribution >= 4 is 21.4 Å². The lowest BCUT2D eigenvalue weighted by molar-refractivity contribution is -0.384. The summed E-state index contributed by atoms with van der Waals surface area (Å²) in [5.74, 6) is 0.635. The molecule has 1 N–H and O–H groups in total. The minimum Gasteiger partial charge on any atom is -0.372 e. The molecule has 1 aromatic heterocycles. The largest absolute Gasteiger partial charge is 0.372 e. The molecule has 0 atom stereocenters. The van der Waals surface area contributed by atoms with Crippen LogP contribution in [0, 0.1) is 10.1 Å². The maximum atomic E-state index is 13.0. The van der Waals surface area contributed by atoms with Crippen LogP contribution in [0.3, 0.4) is 0 Å². The van der Waals surface area contributed by atoms with Gasteiger partial charge in [-0.25, -0.2) is 8.42 Å². The average molecular weight is 423 g/mol. The van der Waals surface area contributed by atoms with Crippen LogP contribution in [0.1, 0.15) is 51.4 Å². The van der Waals surface area contributed by atoms with Crippen molar-refractivity contribution in [1.29, 1.82) is 0 Å². The minimum absolute atomic E-state index is 0.0537. The third kappa shape index (κ3) is 4.73. The van der Waals surface area contributed by atoms with Gasteiger partial charge in [-0.3, -0.25) is 10.1 Å². The molecule has 3 rings (SSSR count). The maximum absolute atomic E-state index is 13.0. The van der Waals surface area contributed by atoms with Gasteiger partial charge in [0.1, 0.15) is 12.0 Å². The van der Waals surface area contributed by atoms with Crippen LogP contribution in [0.15, 0.2) is 29.4 Å². The van der Waals surface area contributed by atoms with Crippen LogP contribution in [-0.4, -0.2) is 45.5 Å². The summed E-state index contributed by atoms with van der Waals surface area (Å²) in [5, 5.41) is 22.5. The summed E-state index contributed by atoms with van der Waals surface area (Å²) in [6.07, 6.45) is 5.20. The van der Waals surface area contributed by atoms with Crippen molar-refractivity contribution in [1.82, 2.24) is 19.1 Å². The molecule has 0 saturated carbocycles. The first kappa shape index (κ1) is 21.2. The Hall–Kier alpha value is -2.53. The highest BCUT2D eigenvalue weighted by atomic mass is 32.2. The number of anilines is 1. The summed E-state index contributed by atoms with van der Waals surface area (Å²) < 4.78 is 29.2. The number of hydrogen-bond donors (Lipinski definition) is 1. The number of rotatable bonds is 7. The number of nitrogens with zero attached hydrogens (tertiary/aromatic N) is 5. The summed E-state index contributed by atoms with van der Waals surface area (Å²) in [7, 11) is -3.76. The van der Waals surface area contributed by atoms with E-state index in [1.165, 1.54) is 16.4 Å². The molecular weight excluding hydrogens is 396 g/mol. The van der Waals surface area contributed by atoms with Crippen LogP contribution < -0.4 is 5.32 Å². The average Bonchev–Trinajstić information content (AvgIpc) is 2.98. The predicted molar refractivity (Wildman–Crippen MR) is 108 cm³/mol. The molecule has 158 valence electrons. The number of nitro groups is 1. The second-order valence-electron chi connectivity index (χ2n) is 7.36. The van der Waals surface area contributed by atoms with Gasteiger partial charge in [0.25, 0.3) is 5.69 Å². The zero-order valence-electron chi connectivity index (χ0n) is 16.6. The molecule has 1 aromatic carbocycles. The van der Waals surface area contributed by atoms with E-state index in [2.05, 4.69) is 15.5 Å². The lowest BCUT2D eigenvalue weighted by atomic mass is 10.2. The van der Waals surface area contributed by atoms with Gasteiger partial charge in [-0.1, -0.05) is 12.8 Å². The molecule has 1 fully saturated rings. The van der Waals surface area contributed by atoms with Crippen LogP contribution in [0.25, 0.3) is 0 Å². The fraction of sp³-hybridized carbons (Fsp3) is 0.556. The van der Waals surface area contributed by atoms with E-state index in [9.17, 15) is 18.5 Å². The monoisotopic (exact) mass is 422 g/mol. The Kier molecular flexibility index (Phi) is 6.48. The van der Waals surface area contributed by atoms with Gasteiger partial charge in [-0.2, -0.15) is 4.31 Å². The number of benzene rings is 1. The zero-order valence-corrected chi connectivity index (χ0v) is 17.4. The molecule has 0 unspecified atom stereocenters. The van der Waals surface area contributed by atoms with Gasteiger partial charge < -0.3 is 9.88 Å². The van der Waals surface area contributed by atoms with E-state index < -0.39 is 14.9 Å². The van der Waals surface area contributed by atoms with Gasteiger partial charge in [-0.05, 0) is 38.8 Å². The number of nitro benzene ring substituents is 1. The molecule has 10 nitrogen and oxygen atoms in total. The Bertz CT molecular complexity index is 964. The fourth-order valence-corrected chi connectivity index (χ4v) is 4.94. The van der Waals surface area contributed by atoms with E-state index in [0.29, 0.717) is 18.9 Å². The quantitative estimate of drug-likeness (QED) is 0.537. The van der Waals surface area contributed by atoms with Crippen molar-refractivity contribution < 1.29 is 13.3 Å². The molecule has 2 heterocycles. The molecule has 0 aliphatic carbocycles. The molecule has 0 amide bonds. The van der Waals surface area contributed by atoms with E-state index in [0.717, 1.165) is 31.7 Å². The van der Waals surface area contributed by atoms with Gasteiger partial charge in [0.15, 0.2) is 5.82 Å². The van der Waals surface area contributed by atoms with Gasteiger partial charge in [0.2, 0.25) is 10.0 Å². The Morgan fingerprint density at radius 3 is 2.52 bits per heavy atom. The first-order valence-electron chi connectivity index (χ1n) is 9.71. The van der Waals surface area contributed by atoms with Crippen molar-refractivity contribution in [2.45, 2.75) is 57.0 Å². The Labute approximate surface area is 170 Å². The molecule has 2 aromatic rings. The summed E-state index contributed by atoms with van der Waals surface area (Å²) in [6.45, 7) is 5.09. The predicted octanol–water partition coefficient (Wildman–Crippen LogP) is 2.94. The first-order valence-corrected chi connectivity index (χ1v) is 11.2. The van der Waals surface area contributed by atoms with Crippen molar-refractivity contribution in [3.05, 3.63) is 40.5 Å². The molecule has 1 saturated heterocycles. The van der Waals surface area contributed by atoms with Gasteiger partial charge in [0, 0.05) is 25.2 Å². The topological polar surface area (TPSA) is 123 Å². The molecule has 11 heteroatoms. The van der Waals surface area contributed by atoms with Crippen molar-refractivity contribution in [2.75, 3.05) is 18.4 Å². The Morgan fingerprint density at radius 1 is 1.21 bits per heavy atom. The van der Waals surface area contributed by atoms with Gasteiger partial charge in [0.05, 0.1) is 16.4 Å². The molecule has 0 spiro atoms. The highest BCUT2D eigenvalue weighted by Gasteiger charge is 2.28. The van der Waals surface area contributed by atoms with Crippen LogP contribution in [0.5, 0.6) is 0 Å². The second-order valence-corrected chi connectivity index (χ2v) is 9.29. The number of aromatic nitrogens is 3. The highest BCUT2D eigenvalue weighted by Crippen LogP contribution is 2.30. The zero-order chi connectivity index (χ0) is 21.0. The van der Waals surface area contributed by atoms with Crippen molar-refractivity contribution in [3.63, 3.8) is 0 Å². The van der Waals surface area contributed by atoms with Gasteiger partial charge >= 0.3 is 0 Å². The number of sulfonamides is 1. The second kappa shape index (κ2) is 8.87. The summed E-state index contributed by atoms with van der Waals surface area (Å²) >= 11 is 0. The van der Waals surface area contributed by atoms with Crippen LogP contribution in [-0.2, 0) is 16.6 Å². The van der Waals surface area contributed by atoms with Crippen LogP contribution in [0.4, 0.5) is 11.4 Å². The molecule has 29 heavy (non-hydrogen) atoms. The van der Waals surface area contributed by atoms with E-state index in [4.69, 9.17) is 0 Å². The molecule has 0 bridgehead atoms. The lowest BCUT2D eigenvalue weighted by Crippen LogP contribution is -2.32. The highest BCUT2D eigenvalue weighted by molar-refractivity contribution is 7.89. The van der Waals surface area contributed by atoms with Gasteiger partial charge in [-0.15, -0.1) is 10.2 Å². The Morgan fingerprint density at radius 2 is 1.90 bits per heavy atom. The molecule has 1 aliphatic rings. The van der Waals surface area contributed by atoms with E-state index in [1.54, 1.807) is 6.33 Å². The standard InChI is InChI=1S/C18H26N6O4S/c1-14(2)23-13-20-21-18(23)12-19-16-8-7-15(11-17(16)24(25)26)29(27,28)22-9-5-3-4-6-10-22/h7-8,11,13-14,19H,3-6,9-10,12H2,1-2H3. The van der Waals surface area contributed by atoms with E-state index in [-0.39, 0.29) is 28.9 Å². The third-order valence-corrected chi connectivity index (χ3v) is 6.90. The van der Waals surface area contributed by atoms with Crippen molar-refractivity contribution in [2.24, 2.45) is 0 Å². The lowest BCUT2D eigenvalue weighted by Gasteiger charge is -2.20. The van der Waals surface area contributed by atoms with Crippen molar-refractivity contribution in [3.8, 4) is 0 Å². The summed E-state index contributed by atoms with van der Waals surface area (Å²) in [4.78, 5) is 11.0. The number of hydrogen-bond acceptors (Lipinski definition) is 7. The maximum Gasteiger partial charge on any atom is 0.293 e. The van der Waals surface area contributed by atoms with Crippen LogP contribution in [0.2, 0.25) is 0 Å². The SMILES string of the molecule is CC(C)n1cnnc1CNc1ccc(S(=O)(=O)N2CCCCCC2)cc1[N+](=O)[O-]. The van der Waals surface area contributed by atoms with E-state index in [1.807, 2.05) is 18.4 Å². The fourth-order valence-electron chi connectivity index (χ4n) is 3.40. The normalized spacial score (nSPS) is 16.0. The number of nitrogens with one attached hydrogen (secondary N) is 1. The molecular formula is C18H26N6O4S. The Balaban J connectivity index is 1.85. The third-order valence-electron chi connectivity index (χ3n) is 5.01. The van der Waals surface area contributed by atoms with E-state index >= 15 is 0 Å².